The minimum Gasteiger partial charge on any atom is -0.381 e. The van der Waals surface area contributed by atoms with Gasteiger partial charge in [-0.3, -0.25) is 9.48 Å². The second-order valence-corrected chi connectivity index (χ2v) is 6.62. The predicted molar refractivity (Wildman–Crippen MR) is 99.5 cm³/mol. The fourth-order valence-corrected chi connectivity index (χ4v) is 3.33. The second-order valence-electron chi connectivity index (χ2n) is 6.62. The van der Waals surface area contributed by atoms with Crippen molar-refractivity contribution in [2.24, 2.45) is 5.73 Å². The number of hydrogen-bond donors (Lipinski definition) is 1. The Bertz CT molecular complexity index is 576. The van der Waals surface area contributed by atoms with Crippen LogP contribution >= 0.6 is 24.8 Å². The Morgan fingerprint density at radius 2 is 2.00 bits per heavy atom. The summed E-state index contributed by atoms with van der Waals surface area (Å²) in [5.41, 5.74) is 7.65. The van der Waals surface area contributed by atoms with E-state index < -0.39 is 5.54 Å². The molecule has 1 aromatic heterocycles. The molecule has 3 heterocycles. The second kappa shape index (κ2) is 9.19. The first-order valence-corrected chi connectivity index (χ1v) is 8.26. The summed E-state index contributed by atoms with van der Waals surface area (Å²) in [5.74, 6) is 0.0301. The Kier molecular flexibility index (Phi) is 8.15. The third-order valence-corrected chi connectivity index (χ3v) is 4.72. The fourth-order valence-electron chi connectivity index (χ4n) is 3.33. The maximum Gasteiger partial charge on any atom is 0.243 e. The van der Waals surface area contributed by atoms with Gasteiger partial charge in [0.1, 0.15) is 0 Å². The number of aryl methyl sites for hydroxylation is 2. The van der Waals surface area contributed by atoms with Crippen LogP contribution in [0, 0.1) is 13.8 Å². The number of rotatable bonds is 3. The maximum absolute atomic E-state index is 12.8. The summed E-state index contributed by atoms with van der Waals surface area (Å²) in [6.45, 7) is 7.49. The molecule has 0 bridgehead atoms. The molecule has 2 fully saturated rings. The number of carbonyl (C=O) groups excluding carboxylic acids is 1. The van der Waals surface area contributed by atoms with E-state index >= 15 is 0 Å². The van der Waals surface area contributed by atoms with Crippen molar-refractivity contribution < 1.29 is 14.3 Å². The highest BCUT2D eigenvalue weighted by molar-refractivity contribution is 5.86. The number of nitrogens with two attached hydrogens (primary N) is 1. The molecule has 1 amide bonds. The summed E-state index contributed by atoms with van der Waals surface area (Å²) in [5, 5.41) is 4.47. The zero-order chi connectivity index (χ0) is 16.4. The largest absolute Gasteiger partial charge is 0.381 e. The summed E-state index contributed by atoms with van der Waals surface area (Å²) in [6.07, 6.45) is 1.13. The van der Waals surface area contributed by atoms with Crippen molar-refractivity contribution in [1.82, 2.24) is 14.7 Å². The Hall–Kier alpha value is -0.860. The summed E-state index contributed by atoms with van der Waals surface area (Å²) in [6, 6.07) is 2.04. The van der Waals surface area contributed by atoms with E-state index in [1.807, 2.05) is 29.5 Å². The van der Waals surface area contributed by atoms with Gasteiger partial charge in [0.05, 0.1) is 30.5 Å². The van der Waals surface area contributed by atoms with Crippen LogP contribution in [0.15, 0.2) is 6.07 Å². The van der Waals surface area contributed by atoms with Crippen LogP contribution < -0.4 is 5.73 Å². The molecule has 2 N–H and O–H groups in total. The molecule has 1 atom stereocenters. The first kappa shape index (κ1) is 22.2. The van der Waals surface area contributed by atoms with Gasteiger partial charge in [0.2, 0.25) is 5.91 Å². The standard InChI is InChI=1S/C16H26N4O3.2ClH/c1-12-9-13(2)20(18-12)11-14-10-19(5-8-23-14)15(21)16(17)3-6-22-7-4-16;;/h9,14H,3-8,10-11,17H2,1-2H3;2*1H. The topological polar surface area (TPSA) is 82.6 Å². The molecule has 0 radical (unpaired) electrons. The lowest BCUT2D eigenvalue weighted by Crippen LogP contribution is -2.61. The highest BCUT2D eigenvalue weighted by Crippen LogP contribution is 2.22. The van der Waals surface area contributed by atoms with Crippen molar-refractivity contribution >= 4 is 30.7 Å². The molecule has 7 nitrogen and oxygen atoms in total. The first-order valence-electron chi connectivity index (χ1n) is 8.26. The molecule has 2 aliphatic rings. The molecule has 3 rings (SSSR count). The lowest BCUT2D eigenvalue weighted by Gasteiger charge is -2.40. The zero-order valence-electron chi connectivity index (χ0n) is 14.8. The lowest BCUT2D eigenvalue weighted by atomic mass is 9.89. The normalized spacial score (nSPS) is 22.7. The van der Waals surface area contributed by atoms with E-state index in [0.717, 1.165) is 11.4 Å². The Labute approximate surface area is 161 Å². The van der Waals surface area contributed by atoms with Gasteiger partial charge in [-0.15, -0.1) is 24.8 Å². The van der Waals surface area contributed by atoms with E-state index in [-0.39, 0.29) is 36.8 Å². The van der Waals surface area contributed by atoms with Crippen LogP contribution in [0.3, 0.4) is 0 Å². The van der Waals surface area contributed by atoms with Gasteiger partial charge in [0, 0.05) is 32.0 Å². The van der Waals surface area contributed by atoms with Crippen molar-refractivity contribution in [3.05, 3.63) is 17.5 Å². The van der Waals surface area contributed by atoms with E-state index in [1.165, 1.54) is 0 Å². The highest BCUT2D eigenvalue weighted by Gasteiger charge is 2.40. The predicted octanol–water partition coefficient (Wildman–Crippen LogP) is 1.08. The Morgan fingerprint density at radius 3 is 2.60 bits per heavy atom. The molecule has 144 valence electrons. The van der Waals surface area contributed by atoms with E-state index in [9.17, 15) is 4.79 Å². The molecule has 0 aliphatic carbocycles. The molecule has 9 heteroatoms. The van der Waals surface area contributed by atoms with Crippen LogP contribution in [-0.4, -0.2) is 65.1 Å². The fraction of sp³-hybridized carbons (Fsp3) is 0.750. The quantitative estimate of drug-likeness (QED) is 0.828. The molecule has 0 spiro atoms. The monoisotopic (exact) mass is 394 g/mol. The van der Waals surface area contributed by atoms with Crippen molar-refractivity contribution in [2.45, 2.75) is 44.9 Å². The summed E-state index contributed by atoms with van der Waals surface area (Å²) < 4.78 is 13.1. The number of halogens is 2. The van der Waals surface area contributed by atoms with Crippen molar-refractivity contribution in [3.8, 4) is 0 Å². The Morgan fingerprint density at radius 1 is 1.32 bits per heavy atom. The molecule has 1 aromatic rings. The molecule has 0 saturated carbocycles. The summed E-state index contributed by atoms with van der Waals surface area (Å²) in [7, 11) is 0. The molecule has 25 heavy (non-hydrogen) atoms. The van der Waals surface area contributed by atoms with E-state index in [0.29, 0.717) is 52.3 Å². The summed E-state index contributed by atoms with van der Waals surface area (Å²) >= 11 is 0. The third kappa shape index (κ3) is 5.08. The zero-order valence-corrected chi connectivity index (χ0v) is 16.4. The number of morpholine rings is 1. The lowest BCUT2D eigenvalue weighted by molar-refractivity contribution is -0.148. The van der Waals surface area contributed by atoms with E-state index in [4.69, 9.17) is 15.2 Å². The van der Waals surface area contributed by atoms with Crippen LogP contribution in [-0.2, 0) is 20.8 Å². The molecule has 2 saturated heterocycles. The first-order chi connectivity index (χ1) is 11.0. The van der Waals surface area contributed by atoms with E-state index in [2.05, 4.69) is 5.10 Å². The number of nitrogens with zero attached hydrogens (tertiary/aromatic N) is 3. The Balaban J connectivity index is 0.00000156. The van der Waals surface area contributed by atoms with Gasteiger partial charge in [-0.2, -0.15) is 5.10 Å². The van der Waals surface area contributed by atoms with Crippen molar-refractivity contribution in [3.63, 3.8) is 0 Å². The average Bonchev–Trinajstić information content (AvgIpc) is 2.85. The molecule has 1 unspecified atom stereocenters. The van der Waals surface area contributed by atoms with Gasteiger partial charge in [0.25, 0.3) is 0 Å². The highest BCUT2D eigenvalue weighted by atomic mass is 35.5. The average molecular weight is 395 g/mol. The molecular formula is C16H28Cl2N4O3. The van der Waals surface area contributed by atoms with Crippen LogP contribution in [0.2, 0.25) is 0 Å². The van der Waals surface area contributed by atoms with Gasteiger partial charge in [-0.05, 0) is 32.8 Å². The number of carbonyl (C=O) groups is 1. The van der Waals surface area contributed by atoms with Crippen molar-refractivity contribution in [2.75, 3.05) is 32.9 Å². The van der Waals surface area contributed by atoms with Crippen LogP contribution in [0.1, 0.15) is 24.2 Å². The molecule has 0 aromatic carbocycles. The van der Waals surface area contributed by atoms with Crippen molar-refractivity contribution in [1.29, 1.82) is 0 Å². The smallest absolute Gasteiger partial charge is 0.243 e. The minimum atomic E-state index is -0.779. The van der Waals surface area contributed by atoms with Crippen LogP contribution in [0.5, 0.6) is 0 Å². The number of ether oxygens (including phenoxy) is 2. The van der Waals surface area contributed by atoms with Crippen LogP contribution in [0.25, 0.3) is 0 Å². The molecular weight excluding hydrogens is 367 g/mol. The van der Waals surface area contributed by atoms with Gasteiger partial charge < -0.3 is 20.1 Å². The van der Waals surface area contributed by atoms with Gasteiger partial charge >= 0.3 is 0 Å². The molecule has 2 aliphatic heterocycles. The van der Waals surface area contributed by atoms with E-state index in [1.54, 1.807) is 0 Å². The van der Waals surface area contributed by atoms with Gasteiger partial charge in [0.15, 0.2) is 0 Å². The minimum absolute atomic E-state index is 0. The van der Waals surface area contributed by atoms with Gasteiger partial charge in [-0.25, -0.2) is 0 Å². The number of amides is 1. The number of aromatic nitrogens is 2. The summed E-state index contributed by atoms with van der Waals surface area (Å²) in [4.78, 5) is 14.7. The SMILES string of the molecule is Cc1cc(C)n(CC2CN(C(=O)C3(N)CCOCC3)CCO2)n1.Cl.Cl. The third-order valence-electron chi connectivity index (χ3n) is 4.72. The number of hydrogen-bond acceptors (Lipinski definition) is 5. The van der Waals surface area contributed by atoms with Gasteiger partial charge in [-0.1, -0.05) is 0 Å². The maximum atomic E-state index is 12.8. The van der Waals surface area contributed by atoms with Crippen LogP contribution in [0.4, 0.5) is 0 Å².